The topological polar surface area (TPSA) is 67.1 Å². The minimum atomic E-state index is 0.207. The van der Waals surface area contributed by atoms with Gasteiger partial charge in [0, 0.05) is 30.5 Å². The SMILES string of the molecule is CN=C(NCc1nnc(C)n1C)NCC1(c2ccccc2Br)CC1. The summed E-state index contributed by atoms with van der Waals surface area (Å²) in [5.74, 6) is 2.58. The average Bonchev–Trinajstić information content (AvgIpc) is 3.31. The summed E-state index contributed by atoms with van der Waals surface area (Å²) >= 11 is 3.68. The highest BCUT2D eigenvalue weighted by atomic mass is 79.9. The van der Waals surface area contributed by atoms with Crippen LogP contribution < -0.4 is 10.6 Å². The van der Waals surface area contributed by atoms with Crippen LogP contribution in [0.3, 0.4) is 0 Å². The molecule has 0 unspecified atom stereocenters. The first kappa shape index (κ1) is 17.0. The van der Waals surface area contributed by atoms with Crippen molar-refractivity contribution in [3.8, 4) is 0 Å². The van der Waals surface area contributed by atoms with Crippen LogP contribution in [0.15, 0.2) is 33.7 Å². The van der Waals surface area contributed by atoms with Gasteiger partial charge in [-0.1, -0.05) is 34.1 Å². The minimum absolute atomic E-state index is 0.207. The Morgan fingerprint density at radius 1 is 1.29 bits per heavy atom. The Labute approximate surface area is 150 Å². The molecule has 1 aromatic heterocycles. The van der Waals surface area contributed by atoms with Crippen molar-refractivity contribution in [1.82, 2.24) is 25.4 Å². The second kappa shape index (κ2) is 6.93. The Bertz CT molecular complexity index is 747. The molecule has 1 aromatic carbocycles. The average molecular weight is 391 g/mol. The van der Waals surface area contributed by atoms with E-state index in [1.807, 2.05) is 18.5 Å². The maximum atomic E-state index is 4.31. The standard InChI is InChI=1S/C17H23BrN6/c1-12-22-23-15(24(12)3)10-20-16(19-2)21-11-17(8-9-17)13-6-4-5-7-14(13)18/h4-7H,8-11H2,1-3H3,(H2,19,20,21). The van der Waals surface area contributed by atoms with Gasteiger partial charge < -0.3 is 15.2 Å². The van der Waals surface area contributed by atoms with Crippen molar-refractivity contribution in [3.63, 3.8) is 0 Å². The zero-order valence-corrected chi connectivity index (χ0v) is 15.9. The van der Waals surface area contributed by atoms with Gasteiger partial charge in [0.05, 0.1) is 6.54 Å². The number of rotatable bonds is 5. The number of aromatic nitrogens is 3. The van der Waals surface area contributed by atoms with E-state index in [0.29, 0.717) is 6.54 Å². The highest BCUT2D eigenvalue weighted by Crippen LogP contribution is 2.49. The fraction of sp³-hybridized carbons (Fsp3) is 0.471. The summed E-state index contributed by atoms with van der Waals surface area (Å²) in [6.07, 6.45) is 2.39. The lowest BCUT2D eigenvalue weighted by Crippen LogP contribution is -2.41. The fourth-order valence-corrected chi connectivity index (χ4v) is 3.53. The Morgan fingerprint density at radius 2 is 2.04 bits per heavy atom. The molecule has 128 valence electrons. The molecule has 0 atom stereocenters. The summed E-state index contributed by atoms with van der Waals surface area (Å²) in [7, 11) is 3.75. The van der Waals surface area contributed by atoms with Gasteiger partial charge in [0.15, 0.2) is 11.8 Å². The van der Waals surface area contributed by atoms with E-state index in [2.05, 4.69) is 66.0 Å². The molecule has 1 aliphatic carbocycles. The zero-order chi connectivity index (χ0) is 17.2. The molecule has 1 saturated carbocycles. The van der Waals surface area contributed by atoms with Gasteiger partial charge in [-0.2, -0.15) is 0 Å². The van der Waals surface area contributed by atoms with E-state index in [9.17, 15) is 0 Å². The Kier molecular flexibility index (Phi) is 4.89. The smallest absolute Gasteiger partial charge is 0.191 e. The molecule has 0 radical (unpaired) electrons. The van der Waals surface area contributed by atoms with Crippen LogP contribution in [-0.4, -0.2) is 34.3 Å². The molecule has 0 aliphatic heterocycles. The lowest BCUT2D eigenvalue weighted by Gasteiger charge is -2.20. The summed E-state index contributed by atoms with van der Waals surface area (Å²) in [6, 6.07) is 8.47. The van der Waals surface area contributed by atoms with Gasteiger partial charge in [0.2, 0.25) is 0 Å². The van der Waals surface area contributed by atoms with E-state index in [1.54, 1.807) is 7.05 Å². The lowest BCUT2D eigenvalue weighted by atomic mass is 9.96. The maximum Gasteiger partial charge on any atom is 0.191 e. The van der Waals surface area contributed by atoms with E-state index in [1.165, 1.54) is 22.9 Å². The highest BCUT2D eigenvalue weighted by Gasteiger charge is 2.45. The van der Waals surface area contributed by atoms with Gasteiger partial charge >= 0.3 is 0 Å². The lowest BCUT2D eigenvalue weighted by molar-refractivity contribution is 0.637. The summed E-state index contributed by atoms with van der Waals surface area (Å²) in [5, 5.41) is 15.0. The van der Waals surface area contributed by atoms with Crippen molar-refractivity contribution in [2.24, 2.45) is 12.0 Å². The molecular formula is C17H23BrN6. The first-order valence-electron chi connectivity index (χ1n) is 8.10. The van der Waals surface area contributed by atoms with Gasteiger partial charge in [0.1, 0.15) is 5.82 Å². The van der Waals surface area contributed by atoms with Crippen LogP contribution in [0, 0.1) is 6.92 Å². The quantitative estimate of drug-likeness (QED) is 0.606. The molecule has 2 N–H and O–H groups in total. The predicted octanol–water partition coefficient (Wildman–Crippen LogP) is 2.28. The molecule has 6 nitrogen and oxygen atoms in total. The summed E-state index contributed by atoms with van der Waals surface area (Å²) in [4.78, 5) is 4.31. The number of hydrogen-bond donors (Lipinski definition) is 2. The van der Waals surface area contributed by atoms with Crippen molar-refractivity contribution < 1.29 is 0 Å². The molecule has 1 aliphatic rings. The normalized spacial score (nSPS) is 16.1. The third kappa shape index (κ3) is 3.45. The van der Waals surface area contributed by atoms with E-state index in [4.69, 9.17) is 0 Å². The molecular weight excluding hydrogens is 368 g/mol. The Balaban J connectivity index is 1.59. The van der Waals surface area contributed by atoms with Crippen molar-refractivity contribution in [3.05, 3.63) is 46.0 Å². The van der Waals surface area contributed by atoms with Crippen LogP contribution in [0.4, 0.5) is 0 Å². The molecule has 7 heteroatoms. The van der Waals surface area contributed by atoms with Gasteiger partial charge in [0.25, 0.3) is 0 Å². The number of benzene rings is 1. The predicted molar refractivity (Wildman–Crippen MR) is 99.0 cm³/mol. The molecule has 24 heavy (non-hydrogen) atoms. The molecule has 0 saturated heterocycles. The summed E-state index contributed by atoms with van der Waals surface area (Å²) in [5.41, 5.74) is 1.58. The summed E-state index contributed by atoms with van der Waals surface area (Å²) in [6.45, 7) is 3.41. The van der Waals surface area contributed by atoms with Gasteiger partial charge in [-0.3, -0.25) is 4.99 Å². The molecule has 0 amide bonds. The fourth-order valence-electron chi connectivity index (χ4n) is 2.82. The minimum Gasteiger partial charge on any atom is -0.356 e. The number of nitrogens with one attached hydrogen (secondary N) is 2. The van der Waals surface area contributed by atoms with Crippen LogP contribution in [-0.2, 0) is 19.0 Å². The Hall–Kier alpha value is -1.89. The maximum absolute atomic E-state index is 4.31. The first-order valence-corrected chi connectivity index (χ1v) is 8.89. The van der Waals surface area contributed by atoms with Gasteiger partial charge in [-0.25, -0.2) is 0 Å². The zero-order valence-electron chi connectivity index (χ0n) is 14.3. The number of aliphatic imine (C=N–C) groups is 1. The molecule has 0 spiro atoms. The number of guanidine groups is 1. The summed E-state index contributed by atoms with van der Waals surface area (Å²) < 4.78 is 3.16. The van der Waals surface area contributed by atoms with E-state index < -0.39 is 0 Å². The van der Waals surface area contributed by atoms with Crippen molar-refractivity contribution in [1.29, 1.82) is 0 Å². The third-order valence-corrected chi connectivity index (χ3v) is 5.40. The van der Waals surface area contributed by atoms with Crippen molar-refractivity contribution in [2.75, 3.05) is 13.6 Å². The highest BCUT2D eigenvalue weighted by molar-refractivity contribution is 9.10. The number of halogens is 1. The first-order chi connectivity index (χ1) is 11.6. The van der Waals surface area contributed by atoms with Crippen LogP contribution in [0.25, 0.3) is 0 Å². The molecule has 3 rings (SSSR count). The van der Waals surface area contributed by atoms with Crippen LogP contribution in [0.1, 0.15) is 30.1 Å². The van der Waals surface area contributed by atoms with Crippen LogP contribution in [0.5, 0.6) is 0 Å². The molecule has 2 aromatic rings. The van der Waals surface area contributed by atoms with Crippen LogP contribution >= 0.6 is 15.9 Å². The Morgan fingerprint density at radius 3 is 2.62 bits per heavy atom. The van der Waals surface area contributed by atoms with Crippen molar-refractivity contribution >= 4 is 21.9 Å². The third-order valence-electron chi connectivity index (χ3n) is 4.71. The number of aryl methyl sites for hydroxylation is 1. The number of nitrogens with zero attached hydrogens (tertiary/aromatic N) is 4. The molecule has 0 bridgehead atoms. The molecule has 1 heterocycles. The largest absolute Gasteiger partial charge is 0.356 e. The monoisotopic (exact) mass is 390 g/mol. The van der Waals surface area contributed by atoms with Gasteiger partial charge in [-0.05, 0) is 31.4 Å². The van der Waals surface area contributed by atoms with E-state index in [0.717, 1.165) is 24.2 Å². The van der Waals surface area contributed by atoms with Crippen molar-refractivity contribution in [2.45, 2.75) is 31.7 Å². The molecule has 1 fully saturated rings. The second-order valence-corrected chi connectivity index (χ2v) is 7.12. The van der Waals surface area contributed by atoms with Crippen LogP contribution in [0.2, 0.25) is 0 Å². The number of hydrogen-bond acceptors (Lipinski definition) is 3. The van der Waals surface area contributed by atoms with E-state index >= 15 is 0 Å². The second-order valence-electron chi connectivity index (χ2n) is 6.26. The van der Waals surface area contributed by atoms with Gasteiger partial charge in [-0.15, -0.1) is 10.2 Å². The van der Waals surface area contributed by atoms with E-state index in [-0.39, 0.29) is 5.41 Å².